The molecule has 1 saturated heterocycles. The largest absolute Gasteiger partial charge is 0.342 e. The Morgan fingerprint density at radius 2 is 1.55 bits per heavy atom. The molecule has 5 rings (SSSR count). The van der Waals surface area contributed by atoms with Crippen molar-refractivity contribution < 1.29 is 9.59 Å². The second-order valence-electron chi connectivity index (χ2n) is 9.66. The Morgan fingerprint density at radius 3 is 2.28 bits per heavy atom. The molecule has 2 N–H and O–H groups in total. The van der Waals surface area contributed by atoms with Gasteiger partial charge in [0.05, 0.1) is 0 Å². The van der Waals surface area contributed by atoms with Crippen molar-refractivity contribution in [2.24, 2.45) is 29.4 Å². The summed E-state index contributed by atoms with van der Waals surface area (Å²) in [5.41, 5.74) is 8.76. The Balaban J connectivity index is 1.18. The highest BCUT2D eigenvalue weighted by molar-refractivity contribution is 5.97. The van der Waals surface area contributed by atoms with E-state index in [-0.39, 0.29) is 17.7 Å². The summed E-state index contributed by atoms with van der Waals surface area (Å²) in [5, 5.41) is 0. The monoisotopic (exact) mass is 395 g/mol. The third-order valence-electron chi connectivity index (χ3n) is 8.07. The SMILES string of the molecule is NC1C2CCCC1CC(C(=O)N1CCC(C(=O)N3CCc4ccccc43)CC1)C2. The highest BCUT2D eigenvalue weighted by atomic mass is 16.2. The first kappa shape index (κ1) is 19.1. The van der Waals surface area contributed by atoms with Gasteiger partial charge >= 0.3 is 0 Å². The third kappa shape index (κ3) is 3.48. The lowest BCUT2D eigenvalue weighted by molar-refractivity contribution is -0.141. The van der Waals surface area contributed by atoms with Gasteiger partial charge in [-0.15, -0.1) is 0 Å². The maximum Gasteiger partial charge on any atom is 0.230 e. The van der Waals surface area contributed by atoms with Crippen molar-refractivity contribution in [1.29, 1.82) is 0 Å². The fourth-order valence-corrected chi connectivity index (χ4v) is 6.38. The van der Waals surface area contributed by atoms with Crippen LogP contribution in [0.4, 0.5) is 5.69 Å². The Labute approximate surface area is 173 Å². The summed E-state index contributed by atoms with van der Waals surface area (Å²) in [4.78, 5) is 30.3. The van der Waals surface area contributed by atoms with E-state index in [1.165, 1.54) is 24.8 Å². The van der Waals surface area contributed by atoms with E-state index in [1.807, 2.05) is 21.9 Å². The summed E-state index contributed by atoms with van der Waals surface area (Å²) in [7, 11) is 0. The van der Waals surface area contributed by atoms with Crippen LogP contribution in [0.25, 0.3) is 0 Å². The highest BCUT2D eigenvalue weighted by Gasteiger charge is 2.42. The number of anilines is 1. The quantitative estimate of drug-likeness (QED) is 0.837. The number of piperidine rings is 1. The molecule has 29 heavy (non-hydrogen) atoms. The van der Waals surface area contributed by atoms with Crippen LogP contribution in [0.1, 0.15) is 50.5 Å². The summed E-state index contributed by atoms with van der Waals surface area (Å²) in [6.07, 6.45) is 8.14. The molecule has 1 aromatic carbocycles. The van der Waals surface area contributed by atoms with Crippen LogP contribution >= 0.6 is 0 Å². The van der Waals surface area contributed by atoms with Crippen LogP contribution in [0.5, 0.6) is 0 Å². The number of nitrogens with zero attached hydrogens (tertiary/aromatic N) is 2. The van der Waals surface area contributed by atoms with Gasteiger partial charge in [0.1, 0.15) is 0 Å². The molecule has 2 saturated carbocycles. The van der Waals surface area contributed by atoms with E-state index in [4.69, 9.17) is 5.73 Å². The number of rotatable bonds is 2. The molecule has 2 heterocycles. The fourth-order valence-electron chi connectivity index (χ4n) is 6.38. The van der Waals surface area contributed by atoms with E-state index in [2.05, 4.69) is 12.1 Å². The number of hydrogen-bond donors (Lipinski definition) is 1. The van der Waals surface area contributed by atoms with Crippen molar-refractivity contribution in [3.05, 3.63) is 29.8 Å². The van der Waals surface area contributed by atoms with Gasteiger partial charge in [-0.05, 0) is 68.4 Å². The van der Waals surface area contributed by atoms with E-state index in [0.717, 1.165) is 57.4 Å². The highest BCUT2D eigenvalue weighted by Crippen LogP contribution is 2.42. The average Bonchev–Trinajstić information content (AvgIpc) is 3.17. The second kappa shape index (κ2) is 7.75. The molecule has 156 valence electrons. The summed E-state index contributed by atoms with van der Waals surface area (Å²) in [6, 6.07) is 8.54. The smallest absolute Gasteiger partial charge is 0.230 e. The molecule has 2 aliphatic heterocycles. The van der Waals surface area contributed by atoms with Gasteiger partial charge in [0, 0.05) is 43.2 Å². The molecule has 0 spiro atoms. The van der Waals surface area contributed by atoms with Gasteiger partial charge in [0.25, 0.3) is 0 Å². The minimum atomic E-state index is 0.0457. The Hall–Kier alpha value is -1.88. The van der Waals surface area contributed by atoms with Crippen molar-refractivity contribution in [1.82, 2.24) is 4.90 Å². The predicted molar refractivity (Wildman–Crippen MR) is 113 cm³/mol. The number of carbonyl (C=O) groups is 2. The summed E-state index contributed by atoms with van der Waals surface area (Å²) >= 11 is 0. The first-order chi connectivity index (χ1) is 14.1. The van der Waals surface area contributed by atoms with Crippen LogP contribution in [-0.2, 0) is 16.0 Å². The number of fused-ring (bicyclic) bond motifs is 3. The van der Waals surface area contributed by atoms with Gasteiger partial charge in [-0.1, -0.05) is 24.6 Å². The van der Waals surface area contributed by atoms with Crippen LogP contribution in [-0.4, -0.2) is 42.4 Å². The Morgan fingerprint density at radius 1 is 0.862 bits per heavy atom. The maximum atomic E-state index is 13.2. The van der Waals surface area contributed by atoms with Crippen molar-refractivity contribution in [3.8, 4) is 0 Å². The third-order valence-corrected chi connectivity index (χ3v) is 8.07. The molecule has 2 unspecified atom stereocenters. The lowest BCUT2D eigenvalue weighted by Crippen LogP contribution is -2.51. The molecule has 2 aliphatic carbocycles. The number of para-hydroxylation sites is 1. The Kier molecular flexibility index (Phi) is 5.10. The van der Waals surface area contributed by atoms with Gasteiger partial charge in [-0.2, -0.15) is 0 Å². The van der Waals surface area contributed by atoms with Crippen LogP contribution in [0.3, 0.4) is 0 Å². The van der Waals surface area contributed by atoms with Crippen LogP contribution in [0, 0.1) is 23.7 Å². The van der Waals surface area contributed by atoms with E-state index >= 15 is 0 Å². The molecule has 0 aromatic heterocycles. The normalized spacial score (nSPS) is 32.2. The van der Waals surface area contributed by atoms with Crippen molar-refractivity contribution in [3.63, 3.8) is 0 Å². The topological polar surface area (TPSA) is 66.6 Å². The first-order valence-electron chi connectivity index (χ1n) is 11.6. The Bertz CT molecular complexity index is 772. The lowest BCUT2D eigenvalue weighted by Gasteiger charge is -2.45. The van der Waals surface area contributed by atoms with Gasteiger partial charge in [0.15, 0.2) is 0 Å². The van der Waals surface area contributed by atoms with Crippen LogP contribution < -0.4 is 10.6 Å². The molecule has 5 heteroatoms. The van der Waals surface area contributed by atoms with E-state index in [9.17, 15) is 9.59 Å². The van der Waals surface area contributed by atoms with Gasteiger partial charge in [0.2, 0.25) is 11.8 Å². The number of benzene rings is 1. The van der Waals surface area contributed by atoms with Crippen molar-refractivity contribution in [2.75, 3.05) is 24.5 Å². The van der Waals surface area contributed by atoms with E-state index in [1.54, 1.807) is 0 Å². The lowest BCUT2D eigenvalue weighted by atomic mass is 9.65. The summed E-state index contributed by atoms with van der Waals surface area (Å²) < 4.78 is 0. The molecule has 0 radical (unpaired) electrons. The number of hydrogen-bond acceptors (Lipinski definition) is 3. The molecule has 4 aliphatic rings. The molecule has 2 bridgehead atoms. The molecule has 2 atom stereocenters. The van der Waals surface area contributed by atoms with Gasteiger partial charge in [-0.3, -0.25) is 9.59 Å². The van der Waals surface area contributed by atoms with Crippen LogP contribution in [0.2, 0.25) is 0 Å². The summed E-state index contributed by atoms with van der Waals surface area (Å²) in [6.45, 7) is 2.24. The fraction of sp³-hybridized carbons (Fsp3) is 0.667. The zero-order valence-electron chi connectivity index (χ0n) is 17.3. The molecular weight excluding hydrogens is 362 g/mol. The number of amides is 2. The van der Waals surface area contributed by atoms with Crippen molar-refractivity contribution in [2.45, 2.75) is 57.4 Å². The second-order valence-corrected chi connectivity index (χ2v) is 9.66. The average molecular weight is 396 g/mol. The van der Waals surface area contributed by atoms with E-state index < -0.39 is 0 Å². The molecular formula is C24H33N3O2. The first-order valence-corrected chi connectivity index (χ1v) is 11.6. The zero-order valence-corrected chi connectivity index (χ0v) is 17.3. The molecule has 2 amide bonds. The number of nitrogens with two attached hydrogens (primary N) is 1. The van der Waals surface area contributed by atoms with Gasteiger partial charge < -0.3 is 15.5 Å². The van der Waals surface area contributed by atoms with Gasteiger partial charge in [-0.25, -0.2) is 0 Å². The van der Waals surface area contributed by atoms with E-state index in [0.29, 0.717) is 23.8 Å². The minimum Gasteiger partial charge on any atom is -0.342 e. The minimum absolute atomic E-state index is 0.0457. The standard InChI is InChI=1S/C24H33N3O2/c25-22-18-5-3-6-19(22)15-20(14-18)23(28)26-11-8-17(9-12-26)24(29)27-13-10-16-4-1-2-7-21(16)27/h1-2,4,7,17-20,22H,3,5-6,8-15,25H2. The predicted octanol–water partition coefficient (Wildman–Crippen LogP) is 2.97. The van der Waals surface area contributed by atoms with Crippen LogP contribution in [0.15, 0.2) is 24.3 Å². The summed E-state index contributed by atoms with van der Waals surface area (Å²) in [5.74, 6) is 1.84. The zero-order chi connectivity index (χ0) is 20.0. The maximum absolute atomic E-state index is 13.2. The molecule has 1 aromatic rings. The molecule has 5 nitrogen and oxygen atoms in total. The number of carbonyl (C=O) groups excluding carboxylic acids is 2. The van der Waals surface area contributed by atoms with Crippen molar-refractivity contribution >= 4 is 17.5 Å². The molecule has 3 fully saturated rings. The number of likely N-dealkylation sites (tertiary alicyclic amines) is 1.